The monoisotopic (exact) mass is 449 g/mol. The van der Waals surface area contributed by atoms with E-state index in [0.717, 1.165) is 17.0 Å². The largest absolute Gasteiger partial charge is 0.497 e. The van der Waals surface area contributed by atoms with Gasteiger partial charge in [0.25, 0.3) is 5.91 Å². The lowest BCUT2D eigenvalue weighted by Crippen LogP contribution is -2.39. The van der Waals surface area contributed by atoms with Crippen LogP contribution in [0, 0.1) is 5.82 Å². The molecule has 2 atom stereocenters. The van der Waals surface area contributed by atoms with Gasteiger partial charge in [-0.2, -0.15) is 0 Å². The van der Waals surface area contributed by atoms with Gasteiger partial charge in [0.2, 0.25) is 0 Å². The molecule has 4 aromatic rings. The second-order valence-electron chi connectivity index (χ2n) is 7.45. The van der Waals surface area contributed by atoms with Gasteiger partial charge in [0.15, 0.2) is 29.1 Å². The van der Waals surface area contributed by atoms with Gasteiger partial charge in [-0.1, -0.05) is 19.1 Å². The van der Waals surface area contributed by atoms with Gasteiger partial charge in [-0.25, -0.2) is 18.9 Å². The first kappa shape index (κ1) is 22.2. The van der Waals surface area contributed by atoms with E-state index < -0.39 is 18.0 Å². The van der Waals surface area contributed by atoms with Crippen molar-refractivity contribution in [2.45, 2.75) is 32.4 Å². The van der Waals surface area contributed by atoms with Crippen LogP contribution in [-0.2, 0) is 4.79 Å². The van der Waals surface area contributed by atoms with Crippen LogP contribution in [0.2, 0.25) is 0 Å². The predicted octanol–water partition coefficient (Wildman–Crippen LogP) is 3.97. The number of ether oxygens (including phenoxy) is 2. The third-order valence-electron chi connectivity index (χ3n) is 5.15. The summed E-state index contributed by atoms with van der Waals surface area (Å²) in [6.07, 6.45) is 1.11. The molecule has 4 rings (SSSR count). The van der Waals surface area contributed by atoms with E-state index in [1.807, 2.05) is 30.3 Å². The van der Waals surface area contributed by atoms with E-state index in [9.17, 15) is 9.18 Å². The van der Waals surface area contributed by atoms with E-state index >= 15 is 0 Å². The quantitative estimate of drug-likeness (QED) is 0.438. The van der Waals surface area contributed by atoms with Crippen molar-refractivity contribution in [1.29, 1.82) is 0 Å². The zero-order valence-electron chi connectivity index (χ0n) is 18.5. The summed E-state index contributed by atoms with van der Waals surface area (Å²) in [6, 6.07) is 14.9. The highest BCUT2D eigenvalue weighted by atomic mass is 19.1. The highest BCUT2D eigenvalue weighted by Gasteiger charge is 2.23. The number of benzene rings is 2. The number of fused-ring (bicyclic) bond motifs is 1. The number of methoxy groups -OCH3 is 1. The first-order valence-electron chi connectivity index (χ1n) is 10.6. The van der Waals surface area contributed by atoms with E-state index in [2.05, 4.69) is 20.4 Å². The molecule has 2 aromatic heterocycles. The highest BCUT2D eigenvalue weighted by Crippen LogP contribution is 2.22. The van der Waals surface area contributed by atoms with Gasteiger partial charge in [-0.3, -0.25) is 4.79 Å². The van der Waals surface area contributed by atoms with Gasteiger partial charge < -0.3 is 14.8 Å². The van der Waals surface area contributed by atoms with Crippen molar-refractivity contribution in [1.82, 2.24) is 24.9 Å². The number of hydrogen-bond acceptors (Lipinski definition) is 6. The molecule has 2 aromatic carbocycles. The molecule has 0 fully saturated rings. The molecule has 170 valence electrons. The van der Waals surface area contributed by atoms with Gasteiger partial charge in [0, 0.05) is 11.6 Å². The lowest BCUT2D eigenvalue weighted by atomic mass is 10.1. The summed E-state index contributed by atoms with van der Waals surface area (Å²) in [5, 5.41) is 7.27. The maximum Gasteiger partial charge on any atom is 0.261 e. The topological polar surface area (TPSA) is 90.6 Å². The van der Waals surface area contributed by atoms with E-state index in [1.165, 1.54) is 12.1 Å². The number of amides is 1. The number of carbonyl (C=O) groups is 1. The SMILES string of the molecule is CCC(Oc1ccccc1F)C(=O)N[C@H](C)c1nc2cc(-c3ccc(OC)cc3)ncn2n1. The Balaban J connectivity index is 1.48. The summed E-state index contributed by atoms with van der Waals surface area (Å²) in [6.45, 7) is 3.57. The summed E-state index contributed by atoms with van der Waals surface area (Å²) < 4.78 is 26.2. The molecule has 1 N–H and O–H groups in total. The van der Waals surface area contributed by atoms with E-state index in [-0.39, 0.29) is 11.7 Å². The summed E-state index contributed by atoms with van der Waals surface area (Å²) >= 11 is 0. The average Bonchev–Trinajstić information content (AvgIpc) is 3.27. The fraction of sp³-hybridized carbons (Fsp3) is 0.250. The fourth-order valence-corrected chi connectivity index (χ4v) is 3.30. The standard InChI is InChI=1S/C24H24FN5O3/c1-4-20(33-21-8-6-5-7-18(21)25)24(31)27-15(2)23-28-22-13-19(26-14-30(22)29-23)16-9-11-17(32-3)12-10-16/h5-15,20H,4H2,1-3H3,(H,27,31)/t15-,20?/m1/s1. The Kier molecular flexibility index (Phi) is 6.48. The van der Waals surface area contributed by atoms with Crippen LogP contribution >= 0.6 is 0 Å². The van der Waals surface area contributed by atoms with Crippen LogP contribution in [0.1, 0.15) is 32.1 Å². The molecule has 0 saturated carbocycles. The van der Waals surface area contributed by atoms with Crippen LogP contribution < -0.4 is 14.8 Å². The maximum absolute atomic E-state index is 13.9. The summed E-state index contributed by atoms with van der Waals surface area (Å²) in [5.74, 6) is 0.342. The molecule has 2 heterocycles. The summed E-state index contributed by atoms with van der Waals surface area (Å²) in [7, 11) is 1.62. The first-order valence-corrected chi connectivity index (χ1v) is 10.6. The minimum absolute atomic E-state index is 0.0372. The molecule has 0 aliphatic rings. The molecule has 0 aliphatic heterocycles. The minimum atomic E-state index is -0.843. The molecule has 0 bridgehead atoms. The molecule has 0 spiro atoms. The van der Waals surface area contributed by atoms with Gasteiger partial charge >= 0.3 is 0 Å². The Morgan fingerprint density at radius 2 is 1.94 bits per heavy atom. The number of halogens is 1. The molecule has 8 nitrogen and oxygen atoms in total. The number of carbonyl (C=O) groups excluding carboxylic acids is 1. The molecule has 9 heteroatoms. The van der Waals surface area contributed by atoms with Crippen molar-refractivity contribution in [2.24, 2.45) is 0 Å². The summed E-state index contributed by atoms with van der Waals surface area (Å²) in [5.41, 5.74) is 2.26. The fourth-order valence-electron chi connectivity index (χ4n) is 3.30. The van der Waals surface area contributed by atoms with Crippen LogP contribution in [-0.4, -0.2) is 38.7 Å². The van der Waals surface area contributed by atoms with Crippen molar-refractivity contribution < 1.29 is 18.7 Å². The van der Waals surface area contributed by atoms with Crippen LogP contribution in [0.3, 0.4) is 0 Å². The number of nitrogens with one attached hydrogen (secondary N) is 1. The second kappa shape index (κ2) is 9.64. The van der Waals surface area contributed by atoms with Crippen molar-refractivity contribution in [3.05, 3.63) is 72.6 Å². The van der Waals surface area contributed by atoms with Gasteiger partial charge in [-0.05, 0) is 49.7 Å². The normalized spacial score (nSPS) is 12.8. The predicted molar refractivity (Wildman–Crippen MR) is 120 cm³/mol. The lowest BCUT2D eigenvalue weighted by molar-refractivity contribution is -0.128. The average molecular weight is 449 g/mol. The minimum Gasteiger partial charge on any atom is -0.497 e. The van der Waals surface area contributed by atoms with Crippen molar-refractivity contribution in [2.75, 3.05) is 7.11 Å². The van der Waals surface area contributed by atoms with Crippen molar-refractivity contribution in [3.63, 3.8) is 0 Å². The molecule has 1 amide bonds. The molecule has 0 radical (unpaired) electrons. The molecule has 33 heavy (non-hydrogen) atoms. The number of hydrogen-bond donors (Lipinski definition) is 1. The Bertz CT molecular complexity index is 1260. The molecule has 0 saturated heterocycles. The van der Waals surface area contributed by atoms with Crippen LogP contribution in [0.5, 0.6) is 11.5 Å². The maximum atomic E-state index is 13.9. The van der Waals surface area contributed by atoms with E-state index in [4.69, 9.17) is 9.47 Å². The number of nitrogens with zero attached hydrogens (tertiary/aromatic N) is 4. The molecule has 1 unspecified atom stereocenters. The molecular formula is C24H24FN5O3. The summed E-state index contributed by atoms with van der Waals surface area (Å²) in [4.78, 5) is 21.7. The Hall–Kier alpha value is -4.01. The first-order chi connectivity index (χ1) is 16.0. The van der Waals surface area contributed by atoms with Gasteiger partial charge in [-0.15, -0.1) is 5.10 Å². The number of aromatic nitrogens is 4. The van der Waals surface area contributed by atoms with E-state index in [1.54, 1.807) is 43.9 Å². The number of rotatable bonds is 8. The van der Waals surface area contributed by atoms with Crippen LogP contribution in [0.15, 0.2) is 60.9 Å². The van der Waals surface area contributed by atoms with Crippen LogP contribution in [0.25, 0.3) is 16.9 Å². The van der Waals surface area contributed by atoms with Gasteiger partial charge in [0.05, 0.1) is 18.8 Å². The Morgan fingerprint density at radius 1 is 1.18 bits per heavy atom. The zero-order chi connectivity index (χ0) is 23.4. The smallest absolute Gasteiger partial charge is 0.261 e. The third-order valence-corrected chi connectivity index (χ3v) is 5.15. The van der Waals surface area contributed by atoms with Crippen molar-refractivity contribution in [3.8, 4) is 22.8 Å². The van der Waals surface area contributed by atoms with E-state index in [0.29, 0.717) is 17.9 Å². The molecule has 0 aliphatic carbocycles. The third kappa shape index (κ3) is 4.92. The number of para-hydroxylation sites is 1. The van der Waals surface area contributed by atoms with Gasteiger partial charge in [0.1, 0.15) is 12.1 Å². The second-order valence-corrected chi connectivity index (χ2v) is 7.45. The Labute approximate surface area is 190 Å². The lowest BCUT2D eigenvalue weighted by Gasteiger charge is -2.19. The highest BCUT2D eigenvalue weighted by molar-refractivity contribution is 5.81. The zero-order valence-corrected chi connectivity index (χ0v) is 18.5. The molecular weight excluding hydrogens is 425 g/mol. The van der Waals surface area contributed by atoms with Crippen LogP contribution in [0.4, 0.5) is 4.39 Å². The Morgan fingerprint density at radius 3 is 2.64 bits per heavy atom. The van der Waals surface area contributed by atoms with Crippen molar-refractivity contribution >= 4 is 11.6 Å².